The summed E-state index contributed by atoms with van der Waals surface area (Å²) in [5, 5.41) is 5.72. The Kier molecular flexibility index (Phi) is 7.55. The molecule has 30 heavy (non-hydrogen) atoms. The van der Waals surface area contributed by atoms with Crippen LogP contribution in [0.1, 0.15) is 12.5 Å². The molecule has 0 bridgehead atoms. The minimum absolute atomic E-state index is 0.294. The quantitative estimate of drug-likeness (QED) is 0.509. The summed E-state index contributed by atoms with van der Waals surface area (Å²) < 4.78 is 16.8. The van der Waals surface area contributed by atoms with E-state index in [1.807, 2.05) is 73.7 Å². The van der Waals surface area contributed by atoms with Crippen LogP contribution in [0, 0.1) is 0 Å². The molecule has 156 valence electrons. The first-order valence-electron chi connectivity index (χ1n) is 9.86. The molecule has 0 saturated carbocycles. The Labute approximate surface area is 176 Å². The second-order valence-electron chi connectivity index (χ2n) is 6.46. The lowest BCUT2D eigenvalue weighted by Gasteiger charge is -2.13. The fraction of sp³-hybridized carbons (Fsp3) is 0.208. The van der Waals surface area contributed by atoms with Crippen LogP contribution in [-0.4, -0.2) is 26.3 Å². The van der Waals surface area contributed by atoms with E-state index in [0.717, 1.165) is 5.56 Å². The van der Waals surface area contributed by atoms with Gasteiger partial charge in [-0.2, -0.15) is 0 Å². The number of para-hydroxylation sites is 3. The molecule has 0 fully saturated rings. The summed E-state index contributed by atoms with van der Waals surface area (Å²) in [6.07, 6.45) is 0.665. The Morgan fingerprint density at radius 2 is 1.67 bits per heavy atom. The van der Waals surface area contributed by atoms with Crippen LogP contribution in [0.5, 0.6) is 23.0 Å². The molecule has 3 aromatic rings. The monoisotopic (exact) mass is 406 g/mol. The average Bonchev–Trinajstić information content (AvgIpc) is 2.77. The second kappa shape index (κ2) is 10.8. The number of urea groups is 1. The fourth-order valence-electron chi connectivity index (χ4n) is 2.90. The molecule has 0 radical (unpaired) electrons. The summed E-state index contributed by atoms with van der Waals surface area (Å²) in [6.45, 7) is 2.98. The number of anilines is 1. The zero-order valence-corrected chi connectivity index (χ0v) is 17.2. The molecular formula is C24H26N2O4. The van der Waals surface area contributed by atoms with Gasteiger partial charge in [0.25, 0.3) is 0 Å². The van der Waals surface area contributed by atoms with Crippen molar-refractivity contribution < 1.29 is 19.0 Å². The number of hydrogen-bond donors (Lipinski definition) is 2. The Bertz CT molecular complexity index is 960. The summed E-state index contributed by atoms with van der Waals surface area (Å²) >= 11 is 0. The first-order valence-corrected chi connectivity index (χ1v) is 9.86. The van der Waals surface area contributed by atoms with Crippen molar-refractivity contribution in [2.45, 2.75) is 13.3 Å². The van der Waals surface area contributed by atoms with Crippen molar-refractivity contribution in [1.29, 1.82) is 0 Å². The highest BCUT2D eigenvalue weighted by Crippen LogP contribution is 2.29. The number of amides is 2. The van der Waals surface area contributed by atoms with Gasteiger partial charge in [-0.3, -0.25) is 0 Å². The highest BCUT2D eigenvalue weighted by Gasteiger charge is 2.09. The maximum absolute atomic E-state index is 12.3. The van der Waals surface area contributed by atoms with Gasteiger partial charge in [0.05, 0.1) is 19.4 Å². The first-order chi connectivity index (χ1) is 14.7. The molecule has 0 aliphatic heterocycles. The number of methoxy groups -OCH3 is 1. The predicted octanol–water partition coefficient (Wildman–Crippen LogP) is 5.25. The van der Waals surface area contributed by atoms with Crippen molar-refractivity contribution in [3.63, 3.8) is 0 Å². The molecule has 3 rings (SSSR count). The lowest BCUT2D eigenvalue weighted by atomic mass is 10.1. The van der Waals surface area contributed by atoms with E-state index >= 15 is 0 Å². The molecule has 6 nitrogen and oxygen atoms in total. The molecule has 2 N–H and O–H groups in total. The van der Waals surface area contributed by atoms with Gasteiger partial charge < -0.3 is 24.8 Å². The van der Waals surface area contributed by atoms with Crippen LogP contribution >= 0.6 is 0 Å². The maximum atomic E-state index is 12.3. The number of carbonyl (C=O) groups excluding carboxylic acids is 1. The summed E-state index contributed by atoms with van der Waals surface area (Å²) in [6, 6.07) is 22.2. The normalized spacial score (nSPS) is 10.2. The van der Waals surface area contributed by atoms with Crippen LogP contribution in [-0.2, 0) is 6.42 Å². The van der Waals surface area contributed by atoms with E-state index in [9.17, 15) is 4.79 Å². The van der Waals surface area contributed by atoms with Gasteiger partial charge in [-0.05, 0) is 55.3 Å². The SMILES string of the molecule is CCOc1ccc(CCNC(=O)Nc2ccccc2Oc2ccccc2)cc1OC. The molecule has 0 aliphatic carbocycles. The topological polar surface area (TPSA) is 68.8 Å². The molecule has 6 heteroatoms. The van der Waals surface area contributed by atoms with Crippen LogP contribution in [0.25, 0.3) is 0 Å². The van der Waals surface area contributed by atoms with Gasteiger partial charge in [0.1, 0.15) is 5.75 Å². The average molecular weight is 406 g/mol. The van der Waals surface area contributed by atoms with Crippen LogP contribution in [0.4, 0.5) is 10.5 Å². The van der Waals surface area contributed by atoms with E-state index in [1.54, 1.807) is 13.2 Å². The van der Waals surface area contributed by atoms with Gasteiger partial charge in [-0.1, -0.05) is 36.4 Å². The van der Waals surface area contributed by atoms with Crippen molar-refractivity contribution in [3.05, 3.63) is 78.4 Å². The van der Waals surface area contributed by atoms with E-state index in [4.69, 9.17) is 14.2 Å². The summed E-state index contributed by atoms with van der Waals surface area (Å²) in [5.74, 6) is 2.68. The first kappa shape index (κ1) is 21.0. The number of ether oxygens (including phenoxy) is 3. The van der Waals surface area contributed by atoms with E-state index in [0.29, 0.717) is 48.3 Å². The summed E-state index contributed by atoms with van der Waals surface area (Å²) in [4.78, 5) is 12.3. The minimum Gasteiger partial charge on any atom is -0.493 e. The Balaban J connectivity index is 1.54. The lowest BCUT2D eigenvalue weighted by Crippen LogP contribution is -2.30. The zero-order chi connectivity index (χ0) is 21.2. The zero-order valence-electron chi connectivity index (χ0n) is 17.2. The second-order valence-corrected chi connectivity index (χ2v) is 6.46. The Hall–Kier alpha value is -3.67. The smallest absolute Gasteiger partial charge is 0.319 e. The maximum Gasteiger partial charge on any atom is 0.319 e. The molecule has 0 aromatic heterocycles. The summed E-state index contributed by atoms with van der Waals surface area (Å²) in [7, 11) is 1.61. The number of rotatable bonds is 9. The van der Waals surface area contributed by atoms with Crippen LogP contribution in [0.15, 0.2) is 72.8 Å². The number of nitrogens with one attached hydrogen (secondary N) is 2. The van der Waals surface area contributed by atoms with Gasteiger partial charge in [0.15, 0.2) is 17.2 Å². The molecular weight excluding hydrogens is 380 g/mol. The summed E-state index contributed by atoms with van der Waals surface area (Å²) in [5.41, 5.74) is 1.64. The molecule has 3 aromatic carbocycles. The van der Waals surface area contributed by atoms with E-state index in [1.165, 1.54) is 0 Å². The van der Waals surface area contributed by atoms with Crippen LogP contribution < -0.4 is 24.8 Å². The molecule has 2 amide bonds. The minimum atomic E-state index is -0.294. The molecule has 0 spiro atoms. The van der Waals surface area contributed by atoms with Gasteiger partial charge in [0.2, 0.25) is 0 Å². The third kappa shape index (κ3) is 5.91. The highest BCUT2D eigenvalue weighted by molar-refractivity contribution is 5.90. The van der Waals surface area contributed by atoms with Crippen molar-refractivity contribution >= 4 is 11.7 Å². The highest BCUT2D eigenvalue weighted by atomic mass is 16.5. The van der Waals surface area contributed by atoms with Gasteiger partial charge in [0, 0.05) is 6.54 Å². The van der Waals surface area contributed by atoms with Gasteiger partial charge in [-0.15, -0.1) is 0 Å². The Morgan fingerprint density at radius 1 is 0.900 bits per heavy atom. The predicted molar refractivity (Wildman–Crippen MR) is 118 cm³/mol. The molecule has 0 unspecified atom stereocenters. The third-order valence-electron chi connectivity index (χ3n) is 4.33. The van der Waals surface area contributed by atoms with Gasteiger partial charge in [-0.25, -0.2) is 4.79 Å². The number of hydrogen-bond acceptors (Lipinski definition) is 4. The number of benzene rings is 3. The number of carbonyl (C=O) groups is 1. The lowest BCUT2D eigenvalue weighted by molar-refractivity contribution is 0.252. The van der Waals surface area contributed by atoms with E-state index < -0.39 is 0 Å². The molecule has 0 saturated heterocycles. The Morgan fingerprint density at radius 3 is 2.43 bits per heavy atom. The van der Waals surface area contributed by atoms with E-state index in [2.05, 4.69) is 10.6 Å². The van der Waals surface area contributed by atoms with Crippen molar-refractivity contribution in [2.75, 3.05) is 25.6 Å². The standard InChI is InChI=1S/C24H26N2O4/c1-3-29-22-14-13-18(17-23(22)28-2)15-16-25-24(27)26-20-11-7-8-12-21(20)30-19-9-5-4-6-10-19/h4-14,17H,3,15-16H2,1-2H3,(H2,25,26,27). The van der Waals surface area contributed by atoms with Crippen LogP contribution in [0.2, 0.25) is 0 Å². The van der Waals surface area contributed by atoms with Gasteiger partial charge >= 0.3 is 6.03 Å². The van der Waals surface area contributed by atoms with Crippen molar-refractivity contribution in [1.82, 2.24) is 5.32 Å². The molecule has 0 atom stereocenters. The third-order valence-corrected chi connectivity index (χ3v) is 4.33. The molecule has 0 heterocycles. The van der Waals surface area contributed by atoms with Crippen molar-refractivity contribution in [3.8, 4) is 23.0 Å². The molecule has 0 aliphatic rings. The van der Waals surface area contributed by atoms with Crippen LogP contribution in [0.3, 0.4) is 0 Å². The van der Waals surface area contributed by atoms with E-state index in [-0.39, 0.29) is 6.03 Å². The largest absolute Gasteiger partial charge is 0.493 e. The van der Waals surface area contributed by atoms with Crippen molar-refractivity contribution in [2.24, 2.45) is 0 Å². The fourth-order valence-corrected chi connectivity index (χ4v) is 2.90.